The number of hydrogen-bond donors (Lipinski definition) is 1. The lowest BCUT2D eigenvalue weighted by Crippen LogP contribution is -2.34. The van der Waals surface area contributed by atoms with Gasteiger partial charge in [-0.1, -0.05) is 25.1 Å². The zero-order valence-corrected chi connectivity index (χ0v) is 10.2. The Hall–Kier alpha value is -1.02. The van der Waals surface area contributed by atoms with E-state index in [4.69, 9.17) is 0 Å². The lowest BCUT2D eigenvalue weighted by atomic mass is 10.1. The minimum Gasteiger partial charge on any atom is -0.371 e. The third-order valence-electron chi connectivity index (χ3n) is 3.28. The Morgan fingerprint density at radius 2 is 1.81 bits per heavy atom. The van der Waals surface area contributed by atoms with E-state index in [0.717, 1.165) is 19.5 Å². The van der Waals surface area contributed by atoms with Gasteiger partial charge in [0, 0.05) is 18.8 Å². The van der Waals surface area contributed by atoms with Gasteiger partial charge in [-0.2, -0.15) is 0 Å². The Morgan fingerprint density at radius 3 is 2.50 bits per heavy atom. The molecule has 1 saturated heterocycles. The average Bonchev–Trinajstić information content (AvgIpc) is 2.29. The number of nitrogens with one attached hydrogen (secondary N) is 1. The predicted molar refractivity (Wildman–Crippen MR) is 70.1 cm³/mol. The fourth-order valence-electron chi connectivity index (χ4n) is 2.39. The summed E-state index contributed by atoms with van der Waals surface area (Å²) in [6.45, 7) is 6.92. The second kappa shape index (κ2) is 5.90. The van der Waals surface area contributed by atoms with Gasteiger partial charge in [0.2, 0.25) is 0 Å². The van der Waals surface area contributed by atoms with Crippen LogP contribution in [0.1, 0.15) is 25.3 Å². The number of rotatable bonds is 2. The molecule has 0 amide bonds. The minimum absolute atomic E-state index is 1.13. The van der Waals surface area contributed by atoms with Crippen molar-refractivity contribution < 1.29 is 0 Å². The maximum Gasteiger partial charge on any atom is 0.0398 e. The van der Waals surface area contributed by atoms with E-state index in [2.05, 4.69) is 41.4 Å². The smallest absolute Gasteiger partial charge is 0.0398 e. The Kier molecular flexibility index (Phi) is 4.23. The maximum atomic E-state index is 3.46. The highest BCUT2D eigenvalue weighted by atomic mass is 15.1. The van der Waals surface area contributed by atoms with Gasteiger partial charge in [-0.25, -0.2) is 0 Å². The summed E-state index contributed by atoms with van der Waals surface area (Å²) >= 11 is 0. The number of anilines is 1. The SMILES string of the molecule is CCc1ccccc1N1CCCNCCC1. The molecule has 1 N–H and O–H groups in total. The molecule has 0 radical (unpaired) electrons. The third-order valence-corrected chi connectivity index (χ3v) is 3.28. The van der Waals surface area contributed by atoms with Crippen LogP contribution in [0.2, 0.25) is 0 Å². The first-order chi connectivity index (χ1) is 7.92. The fraction of sp³-hybridized carbons (Fsp3) is 0.571. The number of para-hydroxylation sites is 1. The molecule has 0 spiro atoms. The van der Waals surface area contributed by atoms with Crippen LogP contribution in [0.5, 0.6) is 0 Å². The molecule has 1 aliphatic rings. The highest BCUT2D eigenvalue weighted by Gasteiger charge is 2.10. The van der Waals surface area contributed by atoms with Gasteiger partial charge in [-0.15, -0.1) is 0 Å². The number of benzene rings is 1. The van der Waals surface area contributed by atoms with Crippen molar-refractivity contribution in [2.24, 2.45) is 0 Å². The Morgan fingerprint density at radius 1 is 1.12 bits per heavy atom. The number of hydrogen-bond acceptors (Lipinski definition) is 2. The van der Waals surface area contributed by atoms with Crippen molar-refractivity contribution >= 4 is 5.69 Å². The van der Waals surface area contributed by atoms with E-state index in [-0.39, 0.29) is 0 Å². The zero-order chi connectivity index (χ0) is 11.2. The molecule has 0 aliphatic carbocycles. The van der Waals surface area contributed by atoms with Crippen LogP contribution in [0.3, 0.4) is 0 Å². The molecule has 16 heavy (non-hydrogen) atoms. The molecule has 88 valence electrons. The molecular weight excluding hydrogens is 196 g/mol. The van der Waals surface area contributed by atoms with Crippen LogP contribution in [-0.2, 0) is 6.42 Å². The summed E-state index contributed by atoms with van der Waals surface area (Å²) in [5.74, 6) is 0. The van der Waals surface area contributed by atoms with Crippen LogP contribution in [0.15, 0.2) is 24.3 Å². The summed E-state index contributed by atoms with van der Waals surface area (Å²) in [5.41, 5.74) is 2.93. The van der Waals surface area contributed by atoms with Crippen molar-refractivity contribution in [3.05, 3.63) is 29.8 Å². The monoisotopic (exact) mass is 218 g/mol. The standard InChI is InChI=1S/C14H22N2/c1-2-13-7-3-4-8-14(13)16-11-5-9-15-10-6-12-16/h3-4,7-8,15H,2,5-6,9-12H2,1H3. The quantitative estimate of drug-likeness (QED) is 0.820. The van der Waals surface area contributed by atoms with Crippen LogP contribution in [0, 0.1) is 0 Å². The van der Waals surface area contributed by atoms with Crippen molar-refractivity contribution in [1.29, 1.82) is 0 Å². The molecule has 2 nitrogen and oxygen atoms in total. The molecule has 1 aromatic carbocycles. The van der Waals surface area contributed by atoms with Crippen molar-refractivity contribution in [2.75, 3.05) is 31.1 Å². The molecule has 2 rings (SSSR count). The minimum atomic E-state index is 1.13. The predicted octanol–water partition coefficient (Wildman–Crippen LogP) is 2.44. The van der Waals surface area contributed by atoms with Crippen molar-refractivity contribution in [1.82, 2.24) is 5.32 Å². The van der Waals surface area contributed by atoms with Gasteiger partial charge >= 0.3 is 0 Å². The molecule has 0 atom stereocenters. The lowest BCUT2D eigenvalue weighted by molar-refractivity contribution is 0.566. The highest BCUT2D eigenvalue weighted by Crippen LogP contribution is 2.21. The number of nitrogens with zero attached hydrogens (tertiary/aromatic N) is 1. The Labute approximate surface area is 98.7 Å². The van der Waals surface area contributed by atoms with Crippen molar-refractivity contribution in [2.45, 2.75) is 26.2 Å². The Bertz CT molecular complexity index is 314. The van der Waals surface area contributed by atoms with Gasteiger partial charge in [0.05, 0.1) is 0 Å². The molecule has 2 heteroatoms. The molecule has 0 unspecified atom stereocenters. The normalized spacial score (nSPS) is 17.9. The third kappa shape index (κ3) is 2.76. The molecule has 1 aliphatic heterocycles. The maximum absolute atomic E-state index is 3.46. The molecule has 1 aromatic rings. The summed E-state index contributed by atoms with van der Waals surface area (Å²) in [7, 11) is 0. The second-order valence-corrected chi connectivity index (χ2v) is 4.43. The summed E-state index contributed by atoms with van der Waals surface area (Å²) in [6, 6.07) is 8.83. The molecule has 1 fully saturated rings. The molecule has 1 heterocycles. The summed E-state index contributed by atoms with van der Waals surface area (Å²) in [4.78, 5) is 2.56. The lowest BCUT2D eigenvalue weighted by Gasteiger charge is -2.29. The molecular formula is C14H22N2. The average molecular weight is 218 g/mol. The highest BCUT2D eigenvalue weighted by molar-refractivity contribution is 5.53. The van der Waals surface area contributed by atoms with Gasteiger partial charge in [0.15, 0.2) is 0 Å². The van der Waals surface area contributed by atoms with Crippen LogP contribution in [-0.4, -0.2) is 26.2 Å². The molecule has 0 bridgehead atoms. The van der Waals surface area contributed by atoms with E-state index in [0.29, 0.717) is 0 Å². The molecule has 0 aromatic heterocycles. The van der Waals surface area contributed by atoms with E-state index in [9.17, 15) is 0 Å². The first kappa shape index (κ1) is 11.5. The summed E-state index contributed by atoms with van der Waals surface area (Å²) in [5, 5.41) is 3.46. The fourth-order valence-corrected chi connectivity index (χ4v) is 2.39. The van der Waals surface area contributed by atoms with Crippen LogP contribution < -0.4 is 10.2 Å². The second-order valence-electron chi connectivity index (χ2n) is 4.43. The van der Waals surface area contributed by atoms with Crippen LogP contribution >= 0.6 is 0 Å². The first-order valence-electron chi connectivity index (χ1n) is 6.45. The van der Waals surface area contributed by atoms with E-state index in [1.54, 1.807) is 0 Å². The van der Waals surface area contributed by atoms with Gasteiger partial charge in [-0.3, -0.25) is 0 Å². The van der Waals surface area contributed by atoms with E-state index >= 15 is 0 Å². The van der Waals surface area contributed by atoms with Gasteiger partial charge in [0.25, 0.3) is 0 Å². The van der Waals surface area contributed by atoms with E-state index < -0.39 is 0 Å². The van der Waals surface area contributed by atoms with E-state index in [1.165, 1.54) is 37.2 Å². The topological polar surface area (TPSA) is 15.3 Å². The number of aryl methyl sites for hydroxylation is 1. The van der Waals surface area contributed by atoms with Crippen molar-refractivity contribution in [3.63, 3.8) is 0 Å². The first-order valence-corrected chi connectivity index (χ1v) is 6.45. The van der Waals surface area contributed by atoms with E-state index in [1.807, 2.05) is 0 Å². The van der Waals surface area contributed by atoms with Crippen LogP contribution in [0.4, 0.5) is 5.69 Å². The zero-order valence-electron chi connectivity index (χ0n) is 10.2. The summed E-state index contributed by atoms with van der Waals surface area (Å²) in [6.07, 6.45) is 3.63. The van der Waals surface area contributed by atoms with Gasteiger partial charge in [-0.05, 0) is 44.0 Å². The van der Waals surface area contributed by atoms with Gasteiger partial charge < -0.3 is 10.2 Å². The van der Waals surface area contributed by atoms with Crippen molar-refractivity contribution in [3.8, 4) is 0 Å². The van der Waals surface area contributed by atoms with Gasteiger partial charge in [0.1, 0.15) is 0 Å². The Balaban J connectivity index is 2.13. The largest absolute Gasteiger partial charge is 0.371 e. The molecule has 0 saturated carbocycles. The summed E-state index contributed by atoms with van der Waals surface area (Å²) < 4.78 is 0. The van der Waals surface area contributed by atoms with Crippen LogP contribution in [0.25, 0.3) is 0 Å².